The molecular formula is C11H11Cl. The molecule has 12 heavy (non-hydrogen) atoms. The highest BCUT2D eigenvalue weighted by molar-refractivity contribution is 6.32. The van der Waals surface area contributed by atoms with Gasteiger partial charge >= 0.3 is 0 Å². The van der Waals surface area contributed by atoms with Crippen molar-refractivity contribution >= 4 is 11.6 Å². The number of terminal acetylenes is 1. The molecule has 1 heteroatoms. The summed E-state index contributed by atoms with van der Waals surface area (Å²) in [5.41, 5.74) is 2.12. The summed E-state index contributed by atoms with van der Waals surface area (Å²) in [7, 11) is 0. The first-order valence-corrected chi connectivity index (χ1v) is 4.25. The molecular weight excluding hydrogens is 168 g/mol. The van der Waals surface area contributed by atoms with E-state index in [2.05, 4.69) is 5.92 Å². The second-order valence-corrected chi connectivity index (χ2v) is 3.24. The maximum Gasteiger partial charge on any atom is 0.0479 e. The van der Waals surface area contributed by atoms with Crippen LogP contribution in [0.5, 0.6) is 0 Å². The monoisotopic (exact) mass is 178 g/mol. The molecule has 0 radical (unpaired) electrons. The molecule has 0 heterocycles. The standard InChI is InChI=1S/C11H11Cl/c1-4-8(2)10-7-5-6-9(3)11(10)12/h1,5-8H,2-3H3. The largest absolute Gasteiger partial charge is 0.119 e. The lowest BCUT2D eigenvalue weighted by Crippen LogP contribution is -1.91. The van der Waals surface area contributed by atoms with E-state index in [0.717, 1.165) is 16.1 Å². The van der Waals surface area contributed by atoms with Crippen LogP contribution in [-0.4, -0.2) is 0 Å². The number of rotatable bonds is 1. The predicted octanol–water partition coefficient (Wildman–Crippen LogP) is 3.39. The van der Waals surface area contributed by atoms with Gasteiger partial charge in [0.2, 0.25) is 0 Å². The van der Waals surface area contributed by atoms with Crippen molar-refractivity contribution in [1.82, 2.24) is 0 Å². The van der Waals surface area contributed by atoms with E-state index in [4.69, 9.17) is 18.0 Å². The Morgan fingerprint density at radius 1 is 1.50 bits per heavy atom. The van der Waals surface area contributed by atoms with Crippen molar-refractivity contribution in [3.63, 3.8) is 0 Å². The third-order valence-electron chi connectivity index (χ3n) is 1.94. The van der Waals surface area contributed by atoms with Crippen molar-refractivity contribution < 1.29 is 0 Å². The molecule has 0 bridgehead atoms. The molecule has 1 unspecified atom stereocenters. The van der Waals surface area contributed by atoms with Crippen LogP contribution in [0.1, 0.15) is 24.0 Å². The smallest absolute Gasteiger partial charge is 0.0479 e. The van der Waals surface area contributed by atoms with Crippen LogP contribution in [0.2, 0.25) is 5.02 Å². The molecule has 0 spiro atoms. The molecule has 1 rings (SSSR count). The lowest BCUT2D eigenvalue weighted by atomic mass is 10.0. The Kier molecular flexibility index (Phi) is 2.78. The van der Waals surface area contributed by atoms with Gasteiger partial charge in [0.25, 0.3) is 0 Å². The average molecular weight is 179 g/mol. The van der Waals surface area contributed by atoms with Crippen molar-refractivity contribution in [3.8, 4) is 12.3 Å². The van der Waals surface area contributed by atoms with Crippen LogP contribution in [0.15, 0.2) is 18.2 Å². The molecule has 0 aliphatic rings. The lowest BCUT2D eigenvalue weighted by Gasteiger charge is -2.08. The van der Waals surface area contributed by atoms with Gasteiger partial charge in [-0.1, -0.05) is 35.7 Å². The van der Waals surface area contributed by atoms with Gasteiger partial charge in [-0.05, 0) is 25.0 Å². The van der Waals surface area contributed by atoms with Gasteiger partial charge in [-0.15, -0.1) is 6.42 Å². The van der Waals surface area contributed by atoms with Gasteiger partial charge in [0, 0.05) is 10.9 Å². The SMILES string of the molecule is C#CC(C)c1cccc(C)c1Cl. The maximum absolute atomic E-state index is 6.07. The topological polar surface area (TPSA) is 0 Å². The lowest BCUT2D eigenvalue weighted by molar-refractivity contribution is 1.00. The predicted molar refractivity (Wildman–Crippen MR) is 53.4 cm³/mol. The Balaban J connectivity index is 3.18. The first-order valence-electron chi connectivity index (χ1n) is 3.88. The third kappa shape index (κ3) is 1.62. The summed E-state index contributed by atoms with van der Waals surface area (Å²) in [6.45, 7) is 3.95. The van der Waals surface area contributed by atoms with Crippen molar-refractivity contribution in [1.29, 1.82) is 0 Å². The maximum atomic E-state index is 6.07. The molecule has 1 aromatic carbocycles. The van der Waals surface area contributed by atoms with Crippen LogP contribution < -0.4 is 0 Å². The summed E-state index contributed by atoms with van der Waals surface area (Å²) >= 11 is 6.07. The molecule has 62 valence electrons. The van der Waals surface area contributed by atoms with Gasteiger partial charge < -0.3 is 0 Å². The highest BCUT2D eigenvalue weighted by atomic mass is 35.5. The van der Waals surface area contributed by atoms with E-state index in [1.54, 1.807) is 0 Å². The summed E-state index contributed by atoms with van der Waals surface area (Å²) in [6, 6.07) is 5.93. The molecule has 0 aliphatic heterocycles. The minimum atomic E-state index is 0.0948. The third-order valence-corrected chi connectivity index (χ3v) is 2.45. The Hall–Kier alpha value is -0.930. The minimum absolute atomic E-state index is 0.0948. The van der Waals surface area contributed by atoms with Gasteiger partial charge in [0.05, 0.1) is 0 Å². The molecule has 0 saturated carbocycles. The van der Waals surface area contributed by atoms with E-state index < -0.39 is 0 Å². The first kappa shape index (κ1) is 9.16. The van der Waals surface area contributed by atoms with E-state index in [0.29, 0.717) is 0 Å². The fourth-order valence-electron chi connectivity index (χ4n) is 1.09. The van der Waals surface area contributed by atoms with Crippen LogP contribution in [0.3, 0.4) is 0 Å². The van der Waals surface area contributed by atoms with E-state index in [9.17, 15) is 0 Å². The highest BCUT2D eigenvalue weighted by Crippen LogP contribution is 2.26. The molecule has 0 aromatic heterocycles. The number of halogens is 1. The normalized spacial score (nSPS) is 12.2. The van der Waals surface area contributed by atoms with Gasteiger partial charge in [-0.2, -0.15) is 0 Å². The van der Waals surface area contributed by atoms with E-state index in [1.807, 2.05) is 32.0 Å². The average Bonchev–Trinajstić information content (AvgIpc) is 2.08. The van der Waals surface area contributed by atoms with Gasteiger partial charge in [-0.3, -0.25) is 0 Å². The zero-order valence-corrected chi connectivity index (χ0v) is 8.02. The Labute approximate surface area is 78.6 Å². The van der Waals surface area contributed by atoms with Crippen molar-refractivity contribution in [2.75, 3.05) is 0 Å². The minimum Gasteiger partial charge on any atom is -0.119 e. The molecule has 0 aliphatic carbocycles. The fraction of sp³-hybridized carbons (Fsp3) is 0.273. The second-order valence-electron chi connectivity index (χ2n) is 2.87. The number of benzene rings is 1. The Bertz CT molecular complexity index is 320. The van der Waals surface area contributed by atoms with Crippen molar-refractivity contribution in [2.24, 2.45) is 0 Å². The summed E-state index contributed by atoms with van der Waals surface area (Å²) in [6.07, 6.45) is 5.31. The summed E-state index contributed by atoms with van der Waals surface area (Å²) < 4.78 is 0. The molecule has 0 nitrogen and oxygen atoms in total. The van der Waals surface area contributed by atoms with Crippen LogP contribution >= 0.6 is 11.6 Å². The fourth-order valence-corrected chi connectivity index (χ4v) is 1.38. The Morgan fingerprint density at radius 3 is 2.75 bits per heavy atom. The van der Waals surface area contributed by atoms with Gasteiger partial charge in [0.15, 0.2) is 0 Å². The van der Waals surface area contributed by atoms with Gasteiger partial charge in [-0.25, -0.2) is 0 Å². The van der Waals surface area contributed by atoms with Crippen LogP contribution in [0, 0.1) is 19.3 Å². The zero-order chi connectivity index (χ0) is 9.14. The van der Waals surface area contributed by atoms with E-state index in [1.165, 1.54) is 0 Å². The number of hydrogen-bond acceptors (Lipinski definition) is 0. The summed E-state index contributed by atoms with van der Waals surface area (Å²) in [4.78, 5) is 0. The Morgan fingerprint density at radius 2 is 2.17 bits per heavy atom. The van der Waals surface area contributed by atoms with Crippen molar-refractivity contribution in [3.05, 3.63) is 34.3 Å². The molecule has 1 atom stereocenters. The molecule has 0 fully saturated rings. The molecule has 0 N–H and O–H groups in total. The van der Waals surface area contributed by atoms with Crippen LogP contribution in [0.25, 0.3) is 0 Å². The molecule has 0 saturated heterocycles. The van der Waals surface area contributed by atoms with Gasteiger partial charge in [0.1, 0.15) is 0 Å². The summed E-state index contributed by atoms with van der Waals surface area (Å²) in [5.74, 6) is 2.76. The molecule has 1 aromatic rings. The van der Waals surface area contributed by atoms with E-state index >= 15 is 0 Å². The summed E-state index contributed by atoms with van der Waals surface area (Å²) in [5, 5.41) is 0.794. The number of aryl methyl sites for hydroxylation is 1. The van der Waals surface area contributed by atoms with Crippen LogP contribution in [-0.2, 0) is 0 Å². The first-order chi connectivity index (χ1) is 5.66. The van der Waals surface area contributed by atoms with E-state index in [-0.39, 0.29) is 5.92 Å². The highest BCUT2D eigenvalue weighted by Gasteiger charge is 2.07. The zero-order valence-electron chi connectivity index (χ0n) is 7.26. The second kappa shape index (κ2) is 3.65. The van der Waals surface area contributed by atoms with Crippen LogP contribution in [0.4, 0.5) is 0 Å². The molecule has 0 amide bonds. The quantitative estimate of drug-likeness (QED) is 0.579. The number of hydrogen-bond donors (Lipinski definition) is 0. The van der Waals surface area contributed by atoms with Crippen molar-refractivity contribution in [2.45, 2.75) is 19.8 Å².